The van der Waals surface area contributed by atoms with Gasteiger partial charge in [-0.15, -0.1) is 5.11 Å². The Hall–Kier alpha value is -2.24. The SMILES string of the molecule is CCCC(O)=C(N=Nc1ccc(F)cc1)C(=O)OCC. The molecule has 6 heteroatoms. The summed E-state index contributed by atoms with van der Waals surface area (Å²) in [5, 5.41) is 17.3. The second kappa shape index (κ2) is 8.04. The van der Waals surface area contributed by atoms with Crippen LogP contribution in [0.4, 0.5) is 10.1 Å². The summed E-state index contributed by atoms with van der Waals surface area (Å²) in [5.74, 6) is -1.29. The van der Waals surface area contributed by atoms with E-state index in [0.29, 0.717) is 18.5 Å². The molecule has 0 aliphatic carbocycles. The predicted octanol–water partition coefficient (Wildman–Crippen LogP) is 4.04. The van der Waals surface area contributed by atoms with Crippen LogP contribution in [0.5, 0.6) is 0 Å². The largest absolute Gasteiger partial charge is 0.510 e. The second-order valence-electron chi connectivity index (χ2n) is 3.94. The number of esters is 1. The van der Waals surface area contributed by atoms with Crippen LogP contribution in [0.1, 0.15) is 26.7 Å². The van der Waals surface area contributed by atoms with Gasteiger partial charge >= 0.3 is 5.97 Å². The molecule has 0 aliphatic rings. The minimum Gasteiger partial charge on any atom is -0.510 e. The van der Waals surface area contributed by atoms with Gasteiger partial charge in [0.05, 0.1) is 12.3 Å². The normalized spacial score (nSPS) is 12.3. The molecule has 0 unspecified atom stereocenters. The zero-order valence-electron chi connectivity index (χ0n) is 11.5. The molecule has 0 atom stereocenters. The first-order chi connectivity index (χ1) is 9.58. The molecule has 0 spiro atoms. The monoisotopic (exact) mass is 280 g/mol. The van der Waals surface area contributed by atoms with E-state index in [-0.39, 0.29) is 23.9 Å². The number of halogens is 1. The van der Waals surface area contributed by atoms with Crippen molar-refractivity contribution in [3.05, 3.63) is 41.5 Å². The highest BCUT2D eigenvalue weighted by atomic mass is 19.1. The summed E-state index contributed by atoms with van der Waals surface area (Å²) >= 11 is 0. The Kier molecular flexibility index (Phi) is 6.36. The fourth-order valence-corrected chi connectivity index (χ4v) is 1.39. The minimum absolute atomic E-state index is 0.170. The molecular formula is C14H17FN2O3. The van der Waals surface area contributed by atoms with Gasteiger partial charge in [0, 0.05) is 6.42 Å². The molecule has 1 aromatic carbocycles. The zero-order valence-corrected chi connectivity index (χ0v) is 11.5. The van der Waals surface area contributed by atoms with E-state index in [1.807, 2.05) is 6.92 Å². The highest BCUT2D eigenvalue weighted by Crippen LogP contribution is 2.17. The predicted molar refractivity (Wildman–Crippen MR) is 72.1 cm³/mol. The van der Waals surface area contributed by atoms with Gasteiger partial charge in [-0.3, -0.25) is 0 Å². The van der Waals surface area contributed by atoms with Crippen LogP contribution < -0.4 is 0 Å². The number of aliphatic hydroxyl groups is 1. The first kappa shape index (κ1) is 15.8. The van der Waals surface area contributed by atoms with E-state index < -0.39 is 5.97 Å². The standard InChI is InChI=1S/C14H17FN2O3/c1-3-5-12(18)13(14(19)20-4-2)17-16-11-8-6-10(15)7-9-11/h6-9,18H,3-5H2,1-2H3. The van der Waals surface area contributed by atoms with E-state index in [4.69, 9.17) is 4.74 Å². The summed E-state index contributed by atoms with van der Waals surface area (Å²) in [7, 11) is 0. The molecule has 1 rings (SSSR count). The Balaban J connectivity index is 2.97. The van der Waals surface area contributed by atoms with Crippen molar-refractivity contribution in [3.8, 4) is 0 Å². The molecule has 0 aromatic heterocycles. The van der Waals surface area contributed by atoms with E-state index >= 15 is 0 Å². The number of carbonyl (C=O) groups is 1. The molecule has 0 saturated heterocycles. The lowest BCUT2D eigenvalue weighted by Crippen LogP contribution is -2.08. The summed E-state index contributed by atoms with van der Waals surface area (Å²) in [5.41, 5.74) is 0.149. The van der Waals surface area contributed by atoms with Gasteiger partial charge in [0.15, 0.2) is 0 Å². The fourth-order valence-electron chi connectivity index (χ4n) is 1.39. The Labute approximate surface area is 116 Å². The van der Waals surface area contributed by atoms with Gasteiger partial charge in [0.2, 0.25) is 5.70 Å². The molecule has 5 nitrogen and oxygen atoms in total. The number of ether oxygens (including phenoxy) is 1. The summed E-state index contributed by atoms with van der Waals surface area (Å²) in [6, 6.07) is 5.29. The van der Waals surface area contributed by atoms with Crippen molar-refractivity contribution in [2.45, 2.75) is 26.7 Å². The number of hydrogen-bond acceptors (Lipinski definition) is 5. The molecule has 0 aliphatic heterocycles. The maximum Gasteiger partial charge on any atom is 0.362 e. The van der Waals surface area contributed by atoms with Crippen molar-refractivity contribution >= 4 is 11.7 Å². The molecule has 0 saturated carbocycles. The number of rotatable bonds is 6. The summed E-state index contributed by atoms with van der Waals surface area (Å²) in [4.78, 5) is 11.7. The molecule has 0 heterocycles. The van der Waals surface area contributed by atoms with Crippen molar-refractivity contribution < 1.29 is 19.0 Å². The van der Waals surface area contributed by atoms with Crippen molar-refractivity contribution in [2.24, 2.45) is 10.2 Å². The average Bonchev–Trinajstić information content (AvgIpc) is 2.42. The lowest BCUT2D eigenvalue weighted by Gasteiger charge is -2.04. The number of carbonyl (C=O) groups excluding carboxylic acids is 1. The van der Waals surface area contributed by atoms with E-state index in [1.54, 1.807) is 6.92 Å². The third kappa shape index (κ3) is 4.79. The van der Waals surface area contributed by atoms with Crippen LogP contribution in [0.25, 0.3) is 0 Å². The van der Waals surface area contributed by atoms with Crippen molar-refractivity contribution in [1.29, 1.82) is 0 Å². The van der Waals surface area contributed by atoms with Gasteiger partial charge in [0.25, 0.3) is 0 Å². The lowest BCUT2D eigenvalue weighted by atomic mass is 10.2. The Morgan fingerprint density at radius 3 is 2.50 bits per heavy atom. The Morgan fingerprint density at radius 2 is 1.95 bits per heavy atom. The third-order valence-corrected chi connectivity index (χ3v) is 2.32. The van der Waals surface area contributed by atoms with Crippen LogP contribution in [-0.4, -0.2) is 17.7 Å². The number of benzene rings is 1. The molecule has 20 heavy (non-hydrogen) atoms. The van der Waals surface area contributed by atoms with E-state index in [0.717, 1.165) is 0 Å². The number of nitrogens with zero attached hydrogens (tertiary/aromatic N) is 2. The van der Waals surface area contributed by atoms with Gasteiger partial charge in [-0.25, -0.2) is 9.18 Å². The van der Waals surface area contributed by atoms with Crippen molar-refractivity contribution in [1.82, 2.24) is 0 Å². The summed E-state index contributed by atoms with van der Waals surface area (Å²) in [6.07, 6.45) is 0.956. The van der Waals surface area contributed by atoms with Gasteiger partial charge in [0.1, 0.15) is 11.6 Å². The molecule has 108 valence electrons. The molecule has 1 N–H and O–H groups in total. The topological polar surface area (TPSA) is 71.2 Å². The van der Waals surface area contributed by atoms with Crippen LogP contribution in [0.15, 0.2) is 46.0 Å². The first-order valence-corrected chi connectivity index (χ1v) is 6.35. The van der Waals surface area contributed by atoms with Crippen LogP contribution in [-0.2, 0) is 9.53 Å². The lowest BCUT2D eigenvalue weighted by molar-refractivity contribution is -0.138. The number of hydrogen-bond donors (Lipinski definition) is 1. The fraction of sp³-hybridized carbons (Fsp3) is 0.357. The van der Waals surface area contributed by atoms with Gasteiger partial charge in [-0.05, 0) is 37.6 Å². The highest BCUT2D eigenvalue weighted by Gasteiger charge is 2.16. The molecule has 0 fully saturated rings. The number of allylic oxidation sites excluding steroid dienone is 1. The van der Waals surface area contributed by atoms with Crippen LogP contribution in [0, 0.1) is 5.82 Å². The summed E-state index contributed by atoms with van der Waals surface area (Å²) < 4.78 is 17.6. The molecule has 0 bridgehead atoms. The third-order valence-electron chi connectivity index (χ3n) is 2.32. The van der Waals surface area contributed by atoms with E-state index in [1.165, 1.54) is 24.3 Å². The van der Waals surface area contributed by atoms with Gasteiger partial charge in [-0.1, -0.05) is 6.92 Å². The maximum absolute atomic E-state index is 12.7. The van der Waals surface area contributed by atoms with E-state index in [9.17, 15) is 14.3 Å². The quantitative estimate of drug-likeness (QED) is 0.370. The Morgan fingerprint density at radius 1 is 1.30 bits per heavy atom. The highest BCUT2D eigenvalue weighted by molar-refractivity contribution is 5.88. The smallest absolute Gasteiger partial charge is 0.362 e. The average molecular weight is 280 g/mol. The maximum atomic E-state index is 12.7. The Bertz CT molecular complexity index is 510. The summed E-state index contributed by atoms with van der Waals surface area (Å²) in [6.45, 7) is 3.69. The van der Waals surface area contributed by atoms with Crippen LogP contribution in [0.2, 0.25) is 0 Å². The second-order valence-corrected chi connectivity index (χ2v) is 3.94. The first-order valence-electron chi connectivity index (χ1n) is 6.35. The van der Waals surface area contributed by atoms with Crippen molar-refractivity contribution in [2.75, 3.05) is 6.61 Å². The zero-order chi connectivity index (χ0) is 15.0. The van der Waals surface area contributed by atoms with E-state index in [2.05, 4.69) is 10.2 Å². The van der Waals surface area contributed by atoms with Crippen LogP contribution in [0.3, 0.4) is 0 Å². The number of aliphatic hydroxyl groups excluding tert-OH is 1. The van der Waals surface area contributed by atoms with Gasteiger partial charge < -0.3 is 9.84 Å². The molecular weight excluding hydrogens is 263 g/mol. The minimum atomic E-state index is -0.732. The van der Waals surface area contributed by atoms with Gasteiger partial charge in [-0.2, -0.15) is 5.11 Å². The molecule has 0 radical (unpaired) electrons. The molecule has 0 amide bonds. The van der Waals surface area contributed by atoms with Crippen LogP contribution >= 0.6 is 0 Å². The molecule has 1 aromatic rings. The number of azo groups is 1. The van der Waals surface area contributed by atoms with Crippen molar-refractivity contribution in [3.63, 3.8) is 0 Å².